The van der Waals surface area contributed by atoms with Crippen molar-refractivity contribution >= 4 is 11.6 Å². The van der Waals surface area contributed by atoms with Crippen molar-refractivity contribution in [3.05, 3.63) is 24.8 Å². The third kappa shape index (κ3) is 7.67. The predicted octanol–water partition coefficient (Wildman–Crippen LogP) is 3.92. The van der Waals surface area contributed by atoms with Crippen molar-refractivity contribution in [2.75, 3.05) is 0 Å². The van der Waals surface area contributed by atoms with E-state index in [2.05, 4.69) is 13.2 Å². The van der Waals surface area contributed by atoms with Gasteiger partial charge in [0, 0.05) is 4.87 Å². The summed E-state index contributed by atoms with van der Waals surface area (Å²) in [6, 6.07) is 0. The van der Waals surface area contributed by atoms with Gasteiger partial charge in [-0.2, -0.15) is 0 Å². The normalized spacial score (nSPS) is 11.2. The van der Waals surface area contributed by atoms with E-state index in [1.54, 1.807) is 6.08 Å². The molecule has 0 rings (SSSR count). The van der Waals surface area contributed by atoms with Crippen LogP contribution in [-0.4, -0.2) is 4.87 Å². The summed E-state index contributed by atoms with van der Waals surface area (Å²) >= 11 is 6.00. The van der Waals surface area contributed by atoms with Crippen LogP contribution in [-0.2, 0) is 0 Å². The monoisotopic (exact) mass is 172 g/mol. The zero-order valence-corrected chi connectivity index (χ0v) is 8.25. The Morgan fingerprint density at radius 3 is 2.45 bits per heavy atom. The van der Waals surface area contributed by atoms with Gasteiger partial charge < -0.3 is 0 Å². The highest BCUT2D eigenvalue weighted by Crippen LogP contribution is 2.21. The van der Waals surface area contributed by atoms with Crippen molar-refractivity contribution in [1.29, 1.82) is 0 Å². The van der Waals surface area contributed by atoms with Crippen LogP contribution >= 0.6 is 11.6 Å². The summed E-state index contributed by atoms with van der Waals surface area (Å²) in [5.74, 6) is 0. The third-order valence-electron chi connectivity index (χ3n) is 1.56. The second-order valence-electron chi connectivity index (χ2n) is 3.43. The van der Waals surface area contributed by atoms with E-state index < -0.39 is 0 Å². The molecule has 0 aromatic carbocycles. The van der Waals surface area contributed by atoms with E-state index in [0.717, 1.165) is 24.8 Å². The van der Waals surface area contributed by atoms with Gasteiger partial charge in [0.15, 0.2) is 0 Å². The van der Waals surface area contributed by atoms with E-state index in [4.69, 9.17) is 11.6 Å². The summed E-state index contributed by atoms with van der Waals surface area (Å²) < 4.78 is 0. The van der Waals surface area contributed by atoms with Crippen LogP contribution in [0.1, 0.15) is 33.1 Å². The average molecular weight is 173 g/mol. The topological polar surface area (TPSA) is 0 Å². The maximum absolute atomic E-state index is 6.00. The Morgan fingerprint density at radius 1 is 1.55 bits per heavy atom. The van der Waals surface area contributed by atoms with Gasteiger partial charge in [0.2, 0.25) is 0 Å². The molecule has 0 amide bonds. The lowest BCUT2D eigenvalue weighted by Gasteiger charge is -2.14. The van der Waals surface area contributed by atoms with Crippen LogP contribution in [0.15, 0.2) is 24.8 Å². The molecule has 0 aromatic heterocycles. The van der Waals surface area contributed by atoms with Gasteiger partial charge in [-0.05, 0) is 33.1 Å². The Hall–Kier alpha value is -0.230. The Kier molecular flexibility index (Phi) is 4.51. The molecule has 0 aliphatic rings. The highest BCUT2D eigenvalue weighted by molar-refractivity contribution is 6.23. The summed E-state index contributed by atoms with van der Waals surface area (Å²) in [4.78, 5) is -0.0680. The molecule has 0 spiro atoms. The van der Waals surface area contributed by atoms with Gasteiger partial charge >= 0.3 is 0 Å². The molecule has 11 heavy (non-hydrogen) atoms. The Morgan fingerprint density at radius 2 is 2.09 bits per heavy atom. The lowest BCUT2D eigenvalue weighted by Crippen LogP contribution is -2.08. The first kappa shape index (κ1) is 10.8. The zero-order chi connectivity index (χ0) is 8.91. The van der Waals surface area contributed by atoms with Gasteiger partial charge in [-0.15, -0.1) is 11.6 Å². The molecule has 0 fully saturated rings. The first-order chi connectivity index (χ1) is 4.95. The first-order valence-corrected chi connectivity index (χ1v) is 4.32. The molecular formula is C10H17Cl. The van der Waals surface area contributed by atoms with Crippen molar-refractivity contribution in [2.24, 2.45) is 0 Å². The van der Waals surface area contributed by atoms with Crippen molar-refractivity contribution in [1.82, 2.24) is 0 Å². The number of allylic oxidation sites excluding steroid dienone is 2. The predicted molar refractivity (Wildman–Crippen MR) is 53.1 cm³/mol. The van der Waals surface area contributed by atoms with Gasteiger partial charge in [-0.3, -0.25) is 0 Å². The van der Waals surface area contributed by atoms with Gasteiger partial charge in [-0.25, -0.2) is 0 Å². The fraction of sp³-hybridized carbons (Fsp3) is 0.600. The van der Waals surface area contributed by atoms with Crippen molar-refractivity contribution in [3.8, 4) is 0 Å². The van der Waals surface area contributed by atoms with Crippen LogP contribution in [0.5, 0.6) is 0 Å². The summed E-state index contributed by atoms with van der Waals surface area (Å²) in [5.41, 5.74) is 1.10. The highest BCUT2D eigenvalue weighted by atomic mass is 35.5. The molecule has 0 heterocycles. The minimum Gasteiger partial charge on any atom is -0.120 e. The molecule has 0 saturated carbocycles. The second-order valence-corrected chi connectivity index (χ2v) is 4.46. The molecule has 0 unspecified atom stereocenters. The fourth-order valence-electron chi connectivity index (χ4n) is 0.838. The SMILES string of the molecule is C=CC(=C)CCCC(C)(C)Cl. The van der Waals surface area contributed by atoms with E-state index in [-0.39, 0.29) is 4.87 Å². The third-order valence-corrected chi connectivity index (χ3v) is 1.75. The molecule has 0 radical (unpaired) electrons. The maximum atomic E-state index is 6.00. The van der Waals surface area contributed by atoms with Gasteiger partial charge in [0.1, 0.15) is 0 Å². The second kappa shape index (κ2) is 4.61. The molecule has 0 atom stereocenters. The summed E-state index contributed by atoms with van der Waals surface area (Å²) in [7, 11) is 0. The van der Waals surface area contributed by atoms with E-state index >= 15 is 0 Å². The molecule has 0 aliphatic heterocycles. The smallest absolute Gasteiger partial charge is 0.0390 e. The number of alkyl halides is 1. The minimum atomic E-state index is -0.0680. The van der Waals surface area contributed by atoms with Gasteiger partial charge in [0.05, 0.1) is 0 Å². The molecule has 1 heteroatoms. The number of hydrogen-bond acceptors (Lipinski definition) is 0. The first-order valence-electron chi connectivity index (χ1n) is 3.95. The van der Waals surface area contributed by atoms with Crippen LogP contribution in [0.3, 0.4) is 0 Å². The van der Waals surface area contributed by atoms with Gasteiger partial charge in [-0.1, -0.05) is 24.8 Å². The highest BCUT2D eigenvalue weighted by Gasteiger charge is 2.11. The average Bonchev–Trinajstić information content (AvgIpc) is 1.85. The van der Waals surface area contributed by atoms with Gasteiger partial charge in [0.25, 0.3) is 0 Å². The van der Waals surface area contributed by atoms with E-state index in [0.29, 0.717) is 0 Å². The molecule has 64 valence electrons. The molecule has 0 aromatic rings. The lowest BCUT2D eigenvalue weighted by molar-refractivity contribution is 0.592. The van der Waals surface area contributed by atoms with Crippen molar-refractivity contribution in [3.63, 3.8) is 0 Å². The quantitative estimate of drug-likeness (QED) is 0.436. The fourth-order valence-corrected chi connectivity index (χ4v) is 0.972. The summed E-state index contributed by atoms with van der Waals surface area (Å²) in [6.07, 6.45) is 4.95. The molecule has 0 N–H and O–H groups in total. The summed E-state index contributed by atoms with van der Waals surface area (Å²) in [5, 5.41) is 0. The molecule has 0 aliphatic carbocycles. The zero-order valence-electron chi connectivity index (χ0n) is 7.49. The van der Waals surface area contributed by atoms with Crippen LogP contribution in [0.2, 0.25) is 0 Å². The number of hydrogen-bond donors (Lipinski definition) is 0. The van der Waals surface area contributed by atoms with Crippen LogP contribution in [0.4, 0.5) is 0 Å². The van der Waals surface area contributed by atoms with Crippen LogP contribution < -0.4 is 0 Å². The van der Waals surface area contributed by atoms with E-state index in [1.165, 1.54) is 0 Å². The Labute approximate surface area is 74.9 Å². The van der Waals surface area contributed by atoms with Crippen LogP contribution in [0, 0.1) is 0 Å². The number of rotatable bonds is 5. The van der Waals surface area contributed by atoms with Crippen molar-refractivity contribution in [2.45, 2.75) is 38.0 Å². The molecule has 0 saturated heterocycles. The van der Waals surface area contributed by atoms with E-state index in [1.807, 2.05) is 13.8 Å². The lowest BCUT2D eigenvalue weighted by atomic mass is 10.0. The van der Waals surface area contributed by atoms with Crippen LogP contribution in [0.25, 0.3) is 0 Å². The van der Waals surface area contributed by atoms with E-state index in [9.17, 15) is 0 Å². The molecule has 0 bridgehead atoms. The summed E-state index contributed by atoms with van der Waals surface area (Å²) in [6.45, 7) is 11.5. The number of halogens is 1. The Bertz CT molecular complexity index is 139. The Balaban J connectivity index is 3.42. The molecular weight excluding hydrogens is 156 g/mol. The van der Waals surface area contributed by atoms with Crippen molar-refractivity contribution < 1.29 is 0 Å². The molecule has 0 nitrogen and oxygen atoms in total. The minimum absolute atomic E-state index is 0.0680. The standard InChI is InChI=1S/C10H17Cl/c1-5-9(2)7-6-8-10(3,4)11/h5H,1-2,6-8H2,3-4H3. The largest absolute Gasteiger partial charge is 0.120 e. The maximum Gasteiger partial charge on any atom is 0.0390 e.